The van der Waals surface area contributed by atoms with E-state index in [1.807, 2.05) is 18.2 Å². The molecule has 0 aliphatic rings. The Hall–Kier alpha value is -1.47. The number of nitrogens with zero attached hydrogens (tertiary/aromatic N) is 1. The SMILES string of the molecule is CCCCC(CC)CN(CCO)CCO.O=C(O)C(O)Cc1ccccc1. The summed E-state index contributed by atoms with van der Waals surface area (Å²) in [6, 6.07) is 9.03. The molecular formula is C21H37NO5. The van der Waals surface area contributed by atoms with Gasteiger partial charge in [-0.1, -0.05) is 63.4 Å². The van der Waals surface area contributed by atoms with Gasteiger partial charge in [-0.3, -0.25) is 4.90 Å². The average Bonchev–Trinajstić information content (AvgIpc) is 2.66. The Morgan fingerprint density at radius 1 is 1.07 bits per heavy atom. The minimum atomic E-state index is -1.30. The molecule has 0 spiro atoms. The van der Waals surface area contributed by atoms with Crippen molar-refractivity contribution in [1.82, 2.24) is 4.90 Å². The first-order valence-electron chi connectivity index (χ1n) is 9.87. The lowest BCUT2D eigenvalue weighted by Gasteiger charge is -2.25. The van der Waals surface area contributed by atoms with Crippen molar-refractivity contribution in [2.45, 2.75) is 52.1 Å². The molecule has 156 valence electrons. The highest BCUT2D eigenvalue weighted by molar-refractivity contribution is 5.72. The summed E-state index contributed by atoms with van der Waals surface area (Å²) in [4.78, 5) is 12.4. The largest absolute Gasteiger partial charge is 0.479 e. The maximum atomic E-state index is 10.3. The normalized spacial score (nSPS) is 13.0. The van der Waals surface area contributed by atoms with E-state index in [1.165, 1.54) is 25.7 Å². The highest BCUT2D eigenvalue weighted by Gasteiger charge is 2.13. The van der Waals surface area contributed by atoms with Crippen molar-refractivity contribution in [1.29, 1.82) is 0 Å². The zero-order valence-electron chi connectivity index (χ0n) is 16.8. The van der Waals surface area contributed by atoms with E-state index in [0.717, 1.165) is 12.1 Å². The van der Waals surface area contributed by atoms with Crippen LogP contribution < -0.4 is 0 Å². The number of rotatable bonds is 13. The van der Waals surface area contributed by atoms with Crippen molar-refractivity contribution >= 4 is 5.97 Å². The molecule has 4 N–H and O–H groups in total. The van der Waals surface area contributed by atoms with E-state index in [-0.39, 0.29) is 19.6 Å². The Kier molecular flexibility index (Phi) is 15.8. The summed E-state index contributed by atoms with van der Waals surface area (Å²) in [7, 11) is 0. The second-order valence-corrected chi connectivity index (χ2v) is 6.71. The van der Waals surface area contributed by atoms with Crippen molar-refractivity contribution in [3.8, 4) is 0 Å². The van der Waals surface area contributed by atoms with Crippen LogP contribution in [0.15, 0.2) is 30.3 Å². The summed E-state index contributed by atoms with van der Waals surface area (Å²) in [6.45, 7) is 7.18. The van der Waals surface area contributed by atoms with Gasteiger partial charge in [-0.25, -0.2) is 4.79 Å². The zero-order chi connectivity index (χ0) is 20.5. The molecule has 0 saturated heterocycles. The molecule has 2 unspecified atom stereocenters. The van der Waals surface area contributed by atoms with Crippen LogP contribution >= 0.6 is 0 Å². The molecule has 0 amide bonds. The fourth-order valence-electron chi connectivity index (χ4n) is 2.78. The topological polar surface area (TPSA) is 101 Å². The van der Waals surface area contributed by atoms with Crippen molar-refractivity contribution < 1.29 is 25.2 Å². The summed E-state index contributed by atoms with van der Waals surface area (Å²) < 4.78 is 0. The molecule has 1 aromatic carbocycles. The number of aliphatic carboxylic acids is 1. The Bertz CT molecular complexity index is 463. The van der Waals surface area contributed by atoms with Crippen LogP contribution in [0.3, 0.4) is 0 Å². The van der Waals surface area contributed by atoms with Gasteiger partial charge >= 0.3 is 5.97 Å². The third-order valence-electron chi connectivity index (χ3n) is 4.45. The molecule has 0 fully saturated rings. The van der Waals surface area contributed by atoms with Gasteiger partial charge in [-0.15, -0.1) is 0 Å². The molecule has 27 heavy (non-hydrogen) atoms. The van der Waals surface area contributed by atoms with Gasteiger partial charge in [0, 0.05) is 26.1 Å². The first-order valence-corrected chi connectivity index (χ1v) is 9.87. The lowest BCUT2D eigenvalue weighted by atomic mass is 9.99. The molecule has 0 aromatic heterocycles. The molecule has 0 bridgehead atoms. The van der Waals surface area contributed by atoms with E-state index >= 15 is 0 Å². The molecule has 0 aliphatic heterocycles. The number of hydrogen-bond acceptors (Lipinski definition) is 5. The van der Waals surface area contributed by atoms with Crippen molar-refractivity contribution in [3.05, 3.63) is 35.9 Å². The van der Waals surface area contributed by atoms with Crippen LogP contribution in [0.4, 0.5) is 0 Å². The predicted octanol–water partition coefficient (Wildman–Crippen LogP) is 2.16. The van der Waals surface area contributed by atoms with Gasteiger partial charge in [-0.2, -0.15) is 0 Å². The second kappa shape index (κ2) is 16.7. The van der Waals surface area contributed by atoms with Gasteiger partial charge < -0.3 is 20.4 Å². The number of unbranched alkanes of at least 4 members (excludes halogenated alkanes) is 1. The van der Waals surface area contributed by atoms with Crippen LogP contribution in [0.2, 0.25) is 0 Å². The zero-order valence-corrected chi connectivity index (χ0v) is 16.8. The van der Waals surface area contributed by atoms with E-state index in [2.05, 4.69) is 18.7 Å². The molecule has 0 aliphatic carbocycles. The standard InChI is InChI=1S/C12H27NO2.C9H10O3/c1-3-5-6-12(4-2)11-13(7-9-14)8-10-15;10-8(9(11)12)6-7-4-2-1-3-5-7/h12,14-15H,3-11H2,1-2H3;1-5,8,10H,6H2,(H,11,12). The van der Waals surface area contributed by atoms with Gasteiger partial charge in [0.05, 0.1) is 13.2 Å². The molecule has 6 nitrogen and oxygen atoms in total. The molecule has 1 rings (SSSR count). The highest BCUT2D eigenvalue weighted by Crippen LogP contribution is 2.14. The molecule has 6 heteroatoms. The van der Waals surface area contributed by atoms with E-state index in [1.54, 1.807) is 12.1 Å². The van der Waals surface area contributed by atoms with Gasteiger partial charge in [0.2, 0.25) is 0 Å². The van der Waals surface area contributed by atoms with Gasteiger partial charge in [0.15, 0.2) is 6.10 Å². The Morgan fingerprint density at radius 3 is 2.11 bits per heavy atom. The first kappa shape index (κ1) is 25.5. The Labute approximate surface area is 163 Å². The minimum Gasteiger partial charge on any atom is -0.479 e. The van der Waals surface area contributed by atoms with Crippen molar-refractivity contribution in [3.63, 3.8) is 0 Å². The number of benzene rings is 1. The van der Waals surface area contributed by atoms with Crippen LogP contribution in [-0.4, -0.2) is 70.2 Å². The third-order valence-corrected chi connectivity index (χ3v) is 4.45. The summed E-state index contributed by atoms with van der Waals surface area (Å²) in [6.07, 6.45) is 3.85. The van der Waals surface area contributed by atoms with Crippen molar-refractivity contribution in [2.24, 2.45) is 5.92 Å². The van der Waals surface area contributed by atoms with Crippen LogP contribution in [0.25, 0.3) is 0 Å². The van der Waals surface area contributed by atoms with E-state index < -0.39 is 12.1 Å². The minimum absolute atomic E-state index is 0.163. The smallest absolute Gasteiger partial charge is 0.332 e. The lowest BCUT2D eigenvalue weighted by molar-refractivity contribution is -0.146. The summed E-state index contributed by atoms with van der Waals surface area (Å²) in [5, 5.41) is 35.2. The summed E-state index contributed by atoms with van der Waals surface area (Å²) >= 11 is 0. The first-order chi connectivity index (χ1) is 13.0. The van der Waals surface area contributed by atoms with Gasteiger partial charge in [0.25, 0.3) is 0 Å². The quantitative estimate of drug-likeness (QED) is 0.416. The number of carboxylic acids is 1. The molecule has 0 saturated carbocycles. The van der Waals surface area contributed by atoms with Crippen LogP contribution in [0.5, 0.6) is 0 Å². The molecule has 2 atom stereocenters. The fraction of sp³-hybridized carbons (Fsp3) is 0.667. The van der Waals surface area contributed by atoms with Crippen LogP contribution in [0.1, 0.15) is 45.1 Å². The van der Waals surface area contributed by atoms with Crippen LogP contribution in [-0.2, 0) is 11.2 Å². The monoisotopic (exact) mass is 383 g/mol. The molecular weight excluding hydrogens is 346 g/mol. The third kappa shape index (κ3) is 13.4. The fourth-order valence-corrected chi connectivity index (χ4v) is 2.78. The molecule has 0 heterocycles. The van der Waals surface area contributed by atoms with Gasteiger partial charge in [-0.05, 0) is 17.9 Å². The lowest BCUT2D eigenvalue weighted by Crippen LogP contribution is -2.34. The average molecular weight is 384 g/mol. The predicted molar refractivity (Wildman–Crippen MR) is 108 cm³/mol. The number of aliphatic hydroxyl groups is 3. The maximum absolute atomic E-state index is 10.3. The summed E-state index contributed by atoms with van der Waals surface area (Å²) in [5.74, 6) is -0.470. The number of carbonyl (C=O) groups is 1. The number of hydrogen-bond donors (Lipinski definition) is 4. The van der Waals surface area contributed by atoms with Gasteiger partial charge in [0.1, 0.15) is 0 Å². The Morgan fingerprint density at radius 2 is 1.67 bits per heavy atom. The Balaban J connectivity index is 0.000000511. The van der Waals surface area contributed by atoms with E-state index in [0.29, 0.717) is 19.0 Å². The highest BCUT2D eigenvalue weighted by atomic mass is 16.4. The molecule has 0 radical (unpaired) electrons. The maximum Gasteiger partial charge on any atom is 0.332 e. The summed E-state index contributed by atoms with van der Waals surface area (Å²) in [5.41, 5.74) is 0.826. The van der Waals surface area contributed by atoms with Crippen LogP contribution in [0, 0.1) is 5.92 Å². The second-order valence-electron chi connectivity index (χ2n) is 6.71. The number of aliphatic hydroxyl groups excluding tert-OH is 3. The van der Waals surface area contributed by atoms with E-state index in [9.17, 15) is 4.79 Å². The van der Waals surface area contributed by atoms with E-state index in [4.69, 9.17) is 20.4 Å². The molecule has 1 aromatic rings. The van der Waals surface area contributed by atoms with Crippen molar-refractivity contribution in [2.75, 3.05) is 32.8 Å². The number of carboxylic acid groups (broad SMARTS) is 1.